The summed E-state index contributed by atoms with van der Waals surface area (Å²) in [6, 6.07) is 15.3. The lowest BCUT2D eigenvalue weighted by Crippen LogP contribution is -1.97. The number of aromatic nitrogens is 2. The van der Waals surface area contributed by atoms with Crippen molar-refractivity contribution in [1.82, 2.24) is 9.78 Å². The second-order valence-electron chi connectivity index (χ2n) is 4.57. The van der Waals surface area contributed by atoms with Crippen LogP contribution in [0, 0.1) is 11.3 Å². The summed E-state index contributed by atoms with van der Waals surface area (Å²) in [4.78, 5) is 0. The Balaban J connectivity index is 2.07. The molecular weight excluding hydrogens is 328 g/mol. The van der Waals surface area contributed by atoms with Crippen LogP contribution in [0.15, 0.2) is 59.3 Å². The molecule has 0 unspecified atom stereocenters. The van der Waals surface area contributed by atoms with E-state index in [1.54, 1.807) is 16.9 Å². The molecule has 4 nitrogen and oxygen atoms in total. The van der Waals surface area contributed by atoms with Crippen LogP contribution in [0.5, 0.6) is 0 Å². The molecule has 1 heterocycles. The van der Waals surface area contributed by atoms with Gasteiger partial charge in [-0.25, -0.2) is 4.68 Å². The number of hydrogen-bond donors (Lipinski definition) is 1. The maximum atomic E-state index is 9.21. The first-order valence-electron chi connectivity index (χ1n) is 6.28. The molecular formula is C16H11BrN4. The van der Waals surface area contributed by atoms with Crippen molar-refractivity contribution >= 4 is 21.6 Å². The van der Waals surface area contributed by atoms with E-state index in [2.05, 4.69) is 27.1 Å². The Hall–Kier alpha value is -2.58. The van der Waals surface area contributed by atoms with E-state index in [1.165, 1.54) is 0 Å². The molecule has 0 aliphatic rings. The molecule has 102 valence electrons. The third-order valence-corrected chi connectivity index (χ3v) is 3.62. The van der Waals surface area contributed by atoms with Crippen molar-refractivity contribution in [2.45, 2.75) is 0 Å². The van der Waals surface area contributed by atoms with Gasteiger partial charge in [0.25, 0.3) is 0 Å². The molecule has 0 spiro atoms. The van der Waals surface area contributed by atoms with Gasteiger partial charge in [0, 0.05) is 21.9 Å². The molecule has 2 N–H and O–H groups in total. The summed E-state index contributed by atoms with van der Waals surface area (Å²) in [6.07, 6.45) is 3.65. The van der Waals surface area contributed by atoms with E-state index in [9.17, 15) is 5.26 Å². The zero-order valence-corrected chi connectivity index (χ0v) is 12.6. The van der Waals surface area contributed by atoms with Gasteiger partial charge in [-0.15, -0.1) is 0 Å². The lowest BCUT2D eigenvalue weighted by Gasteiger charge is -2.04. The van der Waals surface area contributed by atoms with Crippen LogP contribution in [-0.4, -0.2) is 9.78 Å². The van der Waals surface area contributed by atoms with Crippen LogP contribution in [0.1, 0.15) is 5.56 Å². The molecule has 0 aliphatic heterocycles. The van der Waals surface area contributed by atoms with Gasteiger partial charge in [-0.1, -0.05) is 28.1 Å². The SMILES string of the molecule is N#Cc1ccc(Br)cc1-n1cc(-c2cccc(N)c2)cn1. The van der Waals surface area contributed by atoms with E-state index in [0.717, 1.165) is 21.3 Å². The van der Waals surface area contributed by atoms with Crippen molar-refractivity contribution in [3.05, 3.63) is 64.9 Å². The molecule has 0 bridgehead atoms. The number of hydrogen-bond acceptors (Lipinski definition) is 3. The summed E-state index contributed by atoms with van der Waals surface area (Å²) in [5.41, 5.74) is 9.76. The van der Waals surface area contributed by atoms with E-state index >= 15 is 0 Å². The Labute approximate surface area is 130 Å². The third-order valence-electron chi connectivity index (χ3n) is 3.13. The number of nitriles is 1. The highest BCUT2D eigenvalue weighted by molar-refractivity contribution is 9.10. The van der Waals surface area contributed by atoms with Gasteiger partial charge in [-0.2, -0.15) is 10.4 Å². The molecule has 3 aromatic rings. The molecule has 0 fully saturated rings. The Morgan fingerprint density at radius 1 is 1.14 bits per heavy atom. The first-order chi connectivity index (χ1) is 10.2. The first-order valence-corrected chi connectivity index (χ1v) is 7.07. The number of anilines is 1. The van der Waals surface area contributed by atoms with Crippen molar-refractivity contribution in [2.75, 3.05) is 5.73 Å². The average Bonchev–Trinajstić information content (AvgIpc) is 2.97. The summed E-state index contributed by atoms with van der Waals surface area (Å²) in [7, 11) is 0. The van der Waals surface area contributed by atoms with Crippen LogP contribution in [0.4, 0.5) is 5.69 Å². The molecule has 1 aromatic heterocycles. The minimum absolute atomic E-state index is 0.570. The molecule has 0 amide bonds. The second-order valence-corrected chi connectivity index (χ2v) is 5.49. The molecule has 0 saturated carbocycles. The van der Waals surface area contributed by atoms with Crippen LogP contribution in [0.2, 0.25) is 0 Å². The number of benzene rings is 2. The van der Waals surface area contributed by atoms with Gasteiger partial charge < -0.3 is 5.73 Å². The molecule has 5 heteroatoms. The second kappa shape index (κ2) is 5.43. The molecule has 3 rings (SSSR count). The molecule has 0 saturated heterocycles. The van der Waals surface area contributed by atoms with Gasteiger partial charge in [0.1, 0.15) is 6.07 Å². The van der Waals surface area contributed by atoms with Crippen LogP contribution in [0.3, 0.4) is 0 Å². The van der Waals surface area contributed by atoms with Gasteiger partial charge >= 0.3 is 0 Å². The third kappa shape index (κ3) is 2.67. The van der Waals surface area contributed by atoms with E-state index in [0.29, 0.717) is 11.3 Å². The first kappa shape index (κ1) is 13.4. The minimum atomic E-state index is 0.570. The Morgan fingerprint density at radius 3 is 2.76 bits per heavy atom. The number of rotatable bonds is 2. The molecule has 0 radical (unpaired) electrons. The van der Waals surface area contributed by atoms with E-state index < -0.39 is 0 Å². The summed E-state index contributed by atoms with van der Waals surface area (Å²) in [5.74, 6) is 0. The largest absolute Gasteiger partial charge is 0.399 e. The van der Waals surface area contributed by atoms with Crippen LogP contribution in [0.25, 0.3) is 16.8 Å². The smallest absolute Gasteiger partial charge is 0.101 e. The van der Waals surface area contributed by atoms with Gasteiger partial charge in [0.15, 0.2) is 0 Å². The fourth-order valence-electron chi connectivity index (χ4n) is 2.11. The Bertz CT molecular complexity index is 845. The van der Waals surface area contributed by atoms with Crippen molar-refractivity contribution in [1.29, 1.82) is 5.26 Å². The summed E-state index contributed by atoms with van der Waals surface area (Å²) < 4.78 is 2.60. The standard InChI is InChI=1S/C16H11BrN4/c17-14-5-4-12(8-18)16(7-14)21-10-13(9-20-21)11-2-1-3-15(19)6-11/h1-7,9-10H,19H2. The number of halogens is 1. The van der Waals surface area contributed by atoms with Gasteiger partial charge in [-0.05, 0) is 35.9 Å². The van der Waals surface area contributed by atoms with Crippen molar-refractivity contribution < 1.29 is 0 Å². The van der Waals surface area contributed by atoms with Gasteiger partial charge in [-0.3, -0.25) is 0 Å². The number of nitrogens with two attached hydrogens (primary N) is 1. The highest BCUT2D eigenvalue weighted by Crippen LogP contribution is 2.24. The predicted molar refractivity (Wildman–Crippen MR) is 85.8 cm³/mol. The lowest BCUT2D eigenvalue weighted by atomic mass is 10.1. The van der Waals surface area contributed by atoms with Crippen molar-refractivity contribution in [3.8, 4) is 22.9 Å². The predicted octanol–water partition coefficient (Wildman–Crippen LogP) is 3.76. The zero-order chi connectivity index (χ0) is 14.8. The maximum Gasteiger partial charge on any atom is 0.101 e. The monoisotopic (exact) mass is 338 g/mol. The number of nitrogen functional groups attached to an aromatic ring is 1. The molecule has 21 heavy (non-hydrogen) atoms. The fraction of sp³-hybridized carbons (Fsp3) is 0. The molecule has 0 atom stereocenters. The molecule has 2 aromatic carbocycles. The van der Waals surface area contributed by atoms with Crippen LogP contribution < -0.4 is 5.73 Å². The van der Waals surface area contributed by atoms with E-state index in [4.69, 9.17) is 5.73 Å². The van der Waals surface area contributed by atoms with E-state index in [-0.39, 0.29) is 0 Å². The number of nitrogens with zero attached hydrogens (tertiary/aromatic N) is 3. The van der Waals surface area contributed by atoms with Gasteiger partial charge in [0.2, 0.25) is 0 Å². The van der Waals surface area contributed by atoms with Gasteiger partial charge in [0.05, 0.1) is 17.4 Å². The minimum Gasteiger partial charge on any atom is -0.399 e. The Kier molecular flexibility index (Phi) is 3.46. The molecule has 0 aliphatic carbocycles. The van der Waals surface area contributed by atoms with Crippen LogP contribution >= 0.6 is 15.9 Å². The topological polar surface area (TPSA) is 67.6 Å². The quantitative estimate of drug-likeness (QED) is 0.723. The zero-order valence-electron chi connectivity index (χ0n) is 11.0. The summed E-state index contributed by atoms with van der Waals surface area (Å²) in [5, 5.41) is 13.6. The summed E-state index contributed by atoms with van der Waals surface area (Å²) >= 11 is 3.42. The highest BCUT2D eigenvalue weighted by atomic mass is 79.9. The average molecular weight is 339 g/mol. The summed E-state index contributed by atoms with van der Waals surface area (Å²) in [6.45, 7) is 0. The maximum absolute atomic E-state index is 9.21. The normalized spacial score (nSPS) is 10.3. The highest BCUT2D eigenvalue weighted by Gasteiger charge is 2.08. The van der Waals surface area contributed by atoms with Crippen molar-refractivity contribution in [3.63, 3.8) is 0 Å². The van der Waals surface area contributed by atoms with Crippen molar-refractivity contribution in [2.24, 2.45) is 0 Å². The Morgan fingerprint density at radius 2 is 2.00 bits per heavy atom. The lowest BCUT2D eigenvalue weighted by molar-refractivity contribution is 0.877. The van der Waals surface area contributed by atoms with Crippen LogP contribution in [-0.2, 0) is 0 Å². The fourth-order valence-corrected chi connectivity index (χ4v) is 2.46. The van der Waals surface area contributed by atoms with E-state index in [1.807, 2.05) is 42.6 Å².